The second kappa shape index (κ2) is 9.05. The first-order valence-electron chi connectivity index (χ1n) is 7.69. The summed E-state index contributed by atoms with van der Waals surface area (Å²) in [6, 6.07) is 8.43. The molecule has 8 heteroatoms. The van der Waals surface area contributed by atoms with Gasteiger partial charge in [-0.25, -0.2) is 0 Å². The van der Waals surface area contributed by atoms with E-state index in [1.54, 1.807) is 37.4 Å². The molecule has 1 amide bonds. The van der Waals surface area contributed by atoms with Crippen molar-refractivity contribution in [1.29, 1.82) is 0 Å². The lowest BCUT2D eigenvalue weighted by Crippen LogP contribution is -2.22. The average Bonchev–Trinajstić information content (AvgIpc) is 2.66. The van der Waals surface area contributed by atoms with Crippen LogP contribution in [0.5, 0.6) is 23.0 Å². The van der Waals surface area contributed by atoms with Crippen molar-refractivity contribution >= 4 is 28.9 Å². The molecular formula is C18H21ClN2O5. The Balaban J connectivity index is 2.10. The molecule has 0 unspecified atom stereocenters. The Labute approximate surface area is 157 Å². The Hall–Kier alpha value is -2.80. The van der Waals surface area contributed by atoms with E-state index >= 15 is 0 Å². The zero-order valence-corrected chi connectivity index (χ0v) is 15.8. The summed E-state index contributed by atoms with van der Waals surface area (Å²) >= 11 is 6.07. The fraction of sp³-hybridized carbons (Fsp3) is 0.278. The van der Waals surface area contributed by atoms with E-state index < -0.39 is 0 Å². The van der Waals surface area contributed by atoms with Crippen LogP contribution >= 0.6 is 11.6 Å². The monoisotopic (exact) mass is 380 g/mol. The van der Waals surface area contributed by atoms with Crippen molar-refractivity contribution in [2.45, 2.75) is 0 Å². The van der Waals surface area contributed by atoms with E-state index in [2.05, 4.69) is 10.6 Å². The molecule has 2 aromatic rings. The number of carbonyl (C=O) groups excluding carboxylic acids is 1. The summed E-state index contributed by atoms with van der Waals surface area (Å²) in [5.74, 6) is 1.85. The predicted octanol–water partition coefficient (Wildman–Crippen LogP) is 3.43. The number of nitrogens with one attached hydrogen (secondary N) is 2. The first kappa shape index (κ1) is 19.5. The van der Waals surface area contributed by atoms with Crippen LogP contribution in [0.4, 0.5) is 11.4 Å². The number of anilines is 2. The molecule has 0 aliphatic heterocycles. The van der Waals surface area contributed by atoms with E-state index in [-0.39, 0.29) is 12.5 Å². The van der Waals surface area contributed by atoms with Gasteiger partial charge in [0.2, 0.25) is 5.91 Å². The maximum absolute atomic E-state index is 12.3. The van der Waals surface area contributed by atoms with Crippen molar-refractivity contribution in [3.05, 3.63) is 35.4 Å². The Kier molecular flexibility index (Phi) is 6.80. The van der Waals surface area contributed by atoms with Gasteiger partial charge in [-0.3, -0.25) is 4.79 Å². The van der Waals surface area contributed by atoms with Crippen molar-refractivity contribution in [2.75, 3.05) is 45.6 Å². The van der Waals surface area contributed by atoms with Crippen molar-refractivity contribution in [3.63, 3.8) is 0 Å². The summed E-state index contributed by atoms with van der Waals surface area (Å²) in [4.78, 5) is 12.3. The SMILES string of the molecule is COc1ccc(OC)c(NC(=O)CNc2cc(OC)c(Cl)cc2OC)c1. The van der Waals surface area contributed by atoms with Gasteiger partial charge in [-0.2, -0.15) is 0 Å². The Morgan fingerprint density at radius 2 is 1.58 bits per heavy atom. The Bertz CT molecular complexity index is 782. The van der Waals surface area contributed by atoms with Crippen LogP contribution in [0, 0.1) is 0 Å². The molecule has 0 aliphatic rings. The van der Waals surface area contributed by atoms with Crippen LogP contribution in [0.2, 0.25) is 5.02 Å². The molecule has 0 atom stereocenters. The molecule has 2 aromatic carbocycles. The number of benzene rings is 2. The third-order valence-electron chi connectivity index (χ3n) is 3.59. The summed E-state index contributed by atoms with van der Waals surface area (Å²) in [5.41, 5.74) is 1.10. The van der Waals surface area contributed by atoms with Crippen LogP contribution in [-0.2, 0) is 4.79 Å². The van der Waals surface area contributed by atoms with E-state index in [9.17, 15) is 4.79 Å². The summed E-state index contributed by atoms with van der Waals surface area (Å²) in [6.07, 6.45) is 0. The molecule has 0 bridgehead atoms. The maximum Gasteiger partial charge on any atom is 0.243 e. The molecule has 0 fully saturated rings. The molecule has 0 spiro atoms. The van der Waals surface area contributed by atoms with Gasteiger partial charge in [0.25, 0.3) is 0 Å². The van der Waals surface area contributed by atoms with Crippen LogP contribution < -0.4 is 29.6 Å². The lowest BCUT2D eigenvalue weighted by molar-refractivity contribution is -0.114. The highest BCUT2D eigenvalue weighted by molar-refractivity contribution is 6.32. The standard InChI is InChI=1S/C18H21ClN2O5/c1-23-11-5-6-15(24-2)14(7-11)21-18(22)10-20-13-9-16(25-3)12(19)8-17(13)26-4/h5-9,20H,10H2,1-4H3,(H,21,22). The van der Waals surface area contributed by atoms with Crippen LogP contribution in [0.25, 0.3) is 0 Å². The number of rotatable bonds is 8. The third-order valence-corrected chi connectivity index (χ3v) is 3.89. The van der Waals surface area contributed by atoms with Gasteiger partial charge in [-0.1, -0.05) is 11.6 Å². The summed E-state index contributed by atoms with van der Waals surface area (Å²) < 4.78 is 20.9. The number of hydrogen-bond donors (Lipinski definition) is 2. The normalized spacial score (nSPS) is 10.0. The van der Waals surface area contributed by atoms with E-state index in [4.69, 9.17) is 30.5 Å². The van der Waals surface area contributed by atoms with E-state index in [1.165, 1.54) is 21.3 Å². The highest BCUT2D eigenvalue weighted by Gasteiger charge is 2.13. The molecule has 26 heavy (non-hydrogen) atoms. The van der Waals surface area contributed by atoms with Crippen molar-refractivity contribution in [2.24, 2.45) is 0 Å². The smallest absolute Gasteiger partial charge is 0.243 e. The molecule has 0 saturated carbocycles. The second-order valence-electron chi connectivity index (χ2n) is 5.15. The minimum atomic E-state index is -0.271. The van der Waals surface area contributed by atoms with Gasteiger partial charge in [0.15, 0.2) is 0 Å². The van der Waals surface area contributed by atoms with Crippen LogP contribution in [-0.4, -0.2) is 40.9 Å². The minimum Gasteiger partial charge on any atom is -0.497 e. The summed E-state index contributed by atoms with van der Waals surface area (Å²) in [7, 11) is 6.11. The van der Waals surface area contributed by atoms with E-state index in [0.717, 1.165) is 0 Å². The van der Waals surface area contributed by atoms with Gasteiger partial charge >= 0.3 is 0 Å². The fourth-order valence-electron chi connectivity index (χ4n) is 2.28. The molecule has 0 radical (unpaired) electrons. The second-order valence-corrected chi connectivity index (χ2v) is 5.56. The van der Waals surface area contributed by atoms with Crippen molar-refractivity contribution < 1.29 is 23.7 Å². The lowest BCUT2D eigenvalue weighted by Gasteiger charge is -2.15. The number of hydrogen-bond acceptors (Lipinski definition) is 6. The molecular weight excluding hydrogens is 360 g/mol. The predicted molar refractivity (Wildman–Crippen MR) is 101 cm³/mol. The van der Waals surface area contributed by atoms with Gasteiger partial charge in [0.05, 0.1) is 51.4 Å². The average molecular weight is 381 g/mol. The van der Waals surface area contributed by atoms with Crippen LogP contribution in [0.3, 0.4) is 0 Å². The van der Waals surface area contributed by atoms with Gasteiger partial charge in [-0.15, -0.1) is 0 Å². The molecule has 0 aromatic heterocycles. The highest BCUT2D eigenvalue weighted by atomic mass is 35.5. The van der Waals surface area contributed by atoms with Crippen LogP contribution in [0.15, 0.2) is 30.3 Å². The zero-order valence-electron chi connectivity index (χ0n) is 15.0. The van der Waals surface area contributed by atoms with E-state index in [1.807, 2.05) is 0 Å². The molecule has 0 heterocycles. The molecule has 7 nitrogen and oxygen atoms in total. The molecule has 140 valence electrons. The van der Waals surface area contributed by atoms with Gasteiger partial charge in [0.1, 0.15) is 23.0 Å². The van der Waals surface area contributed by atoms with Gasteiger partial charge < -0.3 is 29.6 Å². The Morgan fingerprint density at radius 3 is 2.19 bits per heavy atom. The maximum atomic E-state index is 12.3. The minimum absolute atomic E-state index is 0.00150. The largest absolute Gasteiger partial charge is 0.497 e. The number of carbonyl (C=O) groups is 1. The number of amides is 1. The first-order chi connectivity index (χ1) is 12.5. The fourth-order valence-corrected chi connectivity index (χ4v) is 2.51. The van der Waals surface area contributed by atoms with Crippen molar-refractivity contribution in [3.8, 4) is 23.0 Å². The molecule has 2 rings (SSSR count). The number of methoxy groups -OCH3 is 4. The summed E-state index contributed by atoms with van der Waals surface area (Å²) in [5, 5.41) is 6.20. The Morgan fingerprint density at radius 1 is 0.885 bits per heavy atom. The highest BCUT2D eigenvalue weighted by Crippen LogP contribution is 2.35. The van der Waals surface area contributed by atoms with Gasteiger partial charge in [0, 0.05) is 18.2 Å². The number of ether oxygens (including phenoxy) is 4. The summed E-state index contributed by atoms with van der Waals surface area (Å²) in [6.45, 7) is 0.00150. The van der Waals surface area contributed by atoms with Gasteiger partial charge in [-0.05, 0) is 12.1 Å². The quantitative estimate of drug-likeness (QED) is 0.730. The zero-order chi connectivity index (χ0) is 19.1. The third kappa shape index (κ3) is 4.64. The molecule has 0 saturated heterocycles. The molecule has 2 N–H and O–H groups in total. The van der Waals surface area contributed by atoms with E-state index in [0.29, 0.717) is 39.4 Å². The molecule has 0 aliphatic carbocycles. The first-order valence-corrected chi connectivity index (χ1v) is 8.07. The van der Waals surface area contributed by atoms with Crippen molar-refractivity contribution in [1.82, 2.24) is 0 Å². The van der Waals surface area contributed by atoms with Crippen LogP contribution in [0.1, 0.15) is 0 Å². The number of halogens is 1. The lowest BCUT2D eigenvalue weighted by atomic mass is 10.2. The topological polar surface area (TPSA) is 78.1 Å².